The number of benzene rings is 2. The lowest BCUT2D eigenvalue weighted by molar-refractivity contribution is -0.118. The Labute approximate surface area is 128 Å². The highest BCUT2D eigenvalue weighted by Gasteiger charge is 2.11. The van der Waals surface area contributed by atoms with Crippen molar-refractivity contribution in [3.63, 3.8) is 0 Å². The summed E-state index contributed by atoms with van der Waals surface area (Å²) in [7, 11) is 1.87. The first kappa shape index (κ1) is 14.1. The Bertz CT molecular complexity index is 824. The zero-order chi connectivity index (χ0) is 15.5. The SMILES string of the molecule is Cc1ccccc1OCC(=O)Nc1nc2ccccc2n1C. The van der Waals surface area contributed by atoms with Gasteiger partial charge in [0.05, 0.1) is 11.0 Å². The molecule has 5 nitrogen and oxygen atoms in total. The van der Waals surface area contributed by atoms with Crippen molar-refractivity contribution in [3.05, 3.63) is 54.1 Å². The summed E-state index contributed by atoms with van der Waals surface area (Å²) in [5.41, 5.74) is 2.82. The number of para-hydroxylation sites is 3. The second-order valence-electron chi connectivity index (χ2n) is 5.09. The zero-order valence-corrected chi connectivity index (χ0v) is 12.5. The largest absolute Gasteiger partial charge is 0.483 e. The molecule has 2 aromatic carbocycles. The molecule has 0 saturated heterocycles. The number of carbonyl (C=O) groups is 1. The molecule has 1 aromatic heterocycles. The number of imidazole rings is 1. The molecule has 112 valence electrons. The lowest BCUT2D eigenvalue weighted by Crippen LogP contribution is -2.22. The van der Waals surface area contributed by atoms with Gasteiger partial charge < -0.3 is 9.30 Å². The Kier molecular flexibility index (Phi) is 3.78. The van der Waals surface area contributed by atoms with E-state index in [2.05, 4.69) is 10.3 Å². The number of carbonyl (C=O) groups excluding carboxylic acids is 1. The van der Waals surface area contributed by atoms with Crippen LogP contribution in [0.4, 0.5) is 5.95 Å². The highest BCUT2D eigenvalue weighted by Crippen LogP contribution is 2.18. The van der Waals surface area contributed by atoms with Gasteiger partial charge in [0.15, 0.2) is 6.61 Å². The van der Waals surface area contributed by atoms with E-state index in [0.29, 0.717) is 11.7 Å². The number of ether oxygens (including phenoxy) is 1. The number of hydrogen-bond donors (Lipinski definition) is 1. The van der Waals surface area contributed by atoms with E-state index >= 15 is 0 Å². The van der Waals surface area contributed by atoms with Crippen LogP contribution in [0, 0.1) is 6.92 Å². The van der Waals surface area contributed by atoms with Gasteiger partial charge in [-0.3, -0.25) is 10.1 Å². The van der Waals surface area contributed by atoms with Gasteiger partial charge in [-0.1, -0.05) is 30.3 Å². The highest BCUT2D eigenvalue weighted by atomic mass is 16.5. The van der Waals surface area contributed by atoms with Crippen LogP contribution in [0.25, 0.3) is 11.0 Å². The van der Waals surface area contributed by atoms with E-state index in [1.807, 2.05) is 67.1 Å². The van der Waals surface area contributed by atoms with Gasteiger partial charge in [-0.25, -0.2) is 4.98 Å². The van der Waals surface area contributed by atoms with Crippen LogP contribution in [0.15, 0.2) is 48.5 Å². The number of aromatic nitrogens is 2. The molecule has 0 aliphatic rings. The van der Waals surface area contributed by atoms with Crippen LogP contribution in [-0.2, 0) is 11.8 Å². The molecule has 1 N–H and O–H groups in total. The fourth-order valence-corrected chi connectivity index (χ4v) is 2.28. The molecule has 3 rings (SSSR count). The standard InChI is InChI=1S/C17H17N3O2/c1-12-7-3-6-10-15(12)22-11-16(21)19-17-18-13-8-4-5-9-14(13)20(17)2/h3-10H,11H2,1-2H3,(H,18,19,21). The summed E-state index contributed by atoms with van der Waals surface area (Å²) >= 11 is 0. The lowest BCUT2D eigenvalue weighted by Gasteiger charge is -2.09. The van der Waals surface area contributed by atoms with Crippen molar-refractivity contribution < 1.29 is 9.53 Å². The van der Waals surface area contributed by atoms with Crippen molar-refractivity contribution in [1.82, 2.24) is 9.55 Å². The number of nitrogens with zero attached hydrogens (tertiary/aromatic N) is 2. The average Bonchev–Trinajstić information content (AvgIpc) is 2.83. The van der Waals surface area contributed by atoms with Crippen LogP contribution in [-0.4, -0.2) is 22.1 Å². The quantitative estimate of drug-likeness (QED) is 0.805. The monoisotopic (exact) mass is 295 g/mol. The summed E-state index contributed by atoms with van der Waals surface area (Å²) in [6, 6.07) is 15.3. The maximum Gasteiger partial charge on any atom is 0.264 e. The Balaban J connectivity index is 1.68. The fourth-order valence-electron chi connectivity index (χ4n) is 2.28. The molecular formula is C17H17N3O2. The molecule has 3 aromatic rings. The van der Waals surface area contributed by atoms with Crippen molar-refractivity contribution in [1.29, 1.82) is 0 Å². The molecule has 1 heterocycles. The second-order valence-corrected chi connectivity index (χ2v) is 5.09. The van der Waals surface area contributed by atoms with E-state index in [-0.39, 0.29) is 12.5 Å². The van der Waals surface area contributed by atoms with Crippen LogP contribution in [0.2, 0.25) is 0 Å². The van der Waals surface area contributed by atoms with Gasteiger partial charge in [0.1, 0.15) is 5.75 Å². The van der Waals surface area contributed by atoms with Gasteiger partial charge >= 0.3 is 0 Å². The van der Waals surface area contributed by atoms with Gasteiger partial charge in [-0.05, 0) is 30.7 Å². The minimum Gasteiger partial charge on any atom is -0.483 e. The van der Waals surface area contributed by atoms with Crippen molar-refractivity contribution in [2.24, 2.45) is 7.05 Å². The van der Waals surface area contributed by atoms with Crippen molar-refractivity contribution in [2.45, 2.75) is 6.92 Å². The third kappa shape index (κ3) is 2.79. The molecule has 1 amide bonds. The smallest absolute Gasteiger partial charge is 0.264 e. The van der Waals surface area contributed by atoms with Gasteiger partial charge in [-0.15, -0.1) is 0 Å². The number of nitrogens with one attached hydrogen (secondary N) is 1. The Hall–Kier alpha value is -2.82. The van der Waals surface area contributed by atoms with Crippen LogP contribution in [0.1, 0.15) is 5.56 Å². The van der Waals surface area contributed by atoms with Gasteiger partial charge in [0.2, 0.25) is 5.95 Å². The molecule has 0 atom stereocenters. The Morgan fingerprint density at radius 2 is 1.91 bits per heavy atom. The molecular weight excluding hydrogens is 278 g/mol. The second kappa shape index (κ2) is 5.89. The van der Waals surface area contributed by atoms with Gasteiger partial charge in [0, 0.05) is 7.05 Å². The maximum absolute atomic E-state index is 12.0. The van der Waals surface area contributed by atoms with Crippen LogP contribution in [0.3, 0.4) is 0 Å². The molecule has 0 saturated carbocycles. The predicted molar refractivity (Wildman–Crippen MR) is 86.0 cm³/mol. The van der Waals surface area contributed by atoms with Crippen molar-refractivity contribution >= 4 is 22.9 Å². The Morgan fingerprint density at radius 1 is 1.18 bits per heavy atom. The summed E-state index contributed by atoms with van der Waals surface area (Å²) in [5.74, 6) is 0.990. The number of fused-ring (bicyclic) bond motifs is 1. The predicted octanol–water partition coefficient (Wildman–Crippen LogP) is 2.90. The van der Waals surface area contributed by atoms with Crippen LogP contribution in [0.5, 0.6) is 5.75 Å². The molecule has 0 aliphatic heterocycles. The third-order valence-corrected chi connectivity index (χ3v) is 3.49. The number of amides is 1. The fraction of sp³-hybridized carbons (Fsp3) is 0.176. The highest BCUT2D eigenvalue weighted by molar-refractivity contribution is 5.92. The summed E-state index contributed by atoms with van der Waals surface area (Å²) < 4.78 is 7.38. The maximum atomic E-state index is 12.0. The molecule has 0 bridgehead atoms. The van der Waals surface area contributed by atoms with Crippen molar-refractivity contribution in [2.75, 3.05) is 11.9 Å². The normalized spacial score (nSPS) is 10.6. The zero-order valence-electron chi connectivity index (χ0n) is 12.5. The summed E-state index contributed by atoms with van der Waals surface area (Å²) in [6.45, 7) is 1.90. The first-order chi connectivity index (χ1) is 10.6. The first-order valence-electron chi connectivity index (χ1n) is 7.05. The van der Waals surface area contributed by atoms with E-state index in [1.54, 1.807) is 0 Å². The minimum absolute atomic E-state index is 0.0476. The molecule has 22 heavy (non-hydrogen) atoms. The third-order valence-electron chi connectivity index (χ3n) is 3.49. The van der Waals surface area contributed by atoms with E-state index in [0.717, 1.165) is 16.6 Å². The molecule has 0 fully saturated rings. The number of aryl methyl sites for hydroxylation is 2. The van der Waals surface area contributed by atoms with E-state index in [1.165, 1.54) is 0 Å². The van der Waals surface area contributed by atoms with Crippen molar-refractivity contribution in [3.8, 4) is 5.75 Å². The minimum atomic E-state index is -0.235. The van der Waals surface area contributed by atoms with Gasteiger partial charge in [0.25, 0.3) is 5.91 Å². The summed E-state index contributed by atoms with van der Waals surface area (Å²) in [5, 5.41) is 2.78. The molecule has 5 heteroatoms. The number of hydrogen-bond acceptors (Lipinski definition) is 3. The van der Waals surface area contributed by atoms with E-state index in [9.17, 15) is 4.79 Å². The molecule has 0 aliphatic carbocycles. The van der Waals surface area contributed by atoms with Crippen LogP contribution < -0.4 is 10.1 Å². The van der Waals surface area contributed by atoms with Crippen LogP contribution >= 0.6 is 0 Å². The number of anilines is 1. The van der Waals surface area contributed by atoms with E-state index in [4.69, 9.17) is 4.74 Å². The topological polar surface area (TPSA) is 56.1 Å². The lowest BCUT2D eigenvalue weighted by atomic mass is 10.2. The molecule has 0 radical (unpaired) electrons. The Morgan fingerprint density at radius 3 is 2.68 bits per heavy atom. The first-order valence-corrected chi connectivity index (χ1v) is 7.05. The molecule has 0 unspecified atom stereocenters. The summed E-state index contributed by atoms with van der Waals surface area (Å²) in [4.78, 5) is 16.4. The molecule has 0 spiro atoms. The summed E-state index contributed by atoms with van der Waals surface area (Å²) in [6.07, 6.45) is 0. The van der Waals surface area contributed by atoms with E-state index < -0.39 is 0 Å². The average molecular weight is 295 g/mol. The number of rotatable bonds is 4. The van der Waals surface area contributed by atoms with Gasteiger partial charge in [-0.2, -0.15) is 0 Å².